The molecular formula is C15H14FN5S. The van der Waals surface area contributed by atoms with Crippen molar-refractivity contribution in [2.75, 3.05) is 6.54 Å². The average molecular weight is 315 g/mol. The van der Waals surface area contributed by atoms with Gasteiger partial charge in [-0.25, -0.2) is 9.07 Å². The molecule has 0 N–H and O–H groups in total. The summed E-state index contributed by atoms with van der Waals surface area (Å²) in [6.07, 6.45) is 0. The smallest absolute Gasteiger partial charge is 0.173 e. The quantitative estimate of drug-likeness (QED) is 0.745. The third kappa shape index (κ3) is 2.32. The molecule has 1 aromatic carbocycles. The van der Waals surface area contributed by atoms with E-state index in [9.17, 15) is 4.39 Å². The Bertz CT molecular complexity index is 770. The van der Waals surface area contributed by atoms with Gasteiger partial charge < -0.3 is 0 Å². The fourth-order valence-corrected chi connectivity index (χ4v) is 3.62. The monoisotopic (exact) mass is 315 g/mol. The van der Waals surface area contributed by atoms with Crippen LogP contribution in [0.4, 0.5) is 4.39 Å². The highest BCUT2D eigenvalue weighted by Crippen LogP contribution is 2.33. The van der Waals surface area contributed by atoms with Gasteiger partial charge in [0, 0.05) is 23.5 Å². The number of hydrogen-bond donors (Lipinski definition) is 0. The average Bonchev–Trinajstić information content (AvgIpc) is 3.19. The lowest BCUT2D eigenvalue weighted by atomic mass is 10.0. The molecule has 0 saturated carbocycles. The second kappa shape index (κ2) is 5.58. The molecule has 2 aromatic heterocycles. The van der Waals surface area contributed by atoms with Crippen molar-refractivity contribution in [3.8, 4) is 0 Å². The van der Waals surface area contributed by atoms with Crippen LogP contribution in [0.25, 0.3) is 0 Å². The molecule has 1 aliphatic heterocycles. The number of fused-ring (bicyclic) bond motifs is 1. The molecule has 1 unspecified atom stereocenters. The lowest BCUT2D eigenvalue weighted by molar-refractivity contribution is 0.162. The predicted molar refractivity (Wildman–Crippen MR) is 80.8 cm³/mol. The van der Waals surface area contributed by atoms with Gasteiger partial charge in [-0.3, -0.25) is 4.90 Å². The van der Waals surface area contributed by atoms with Crippen molar-refractivity contribution in [3.63, 3.8) is 0 Å². The molecule has 0 amide bonds. The van der Waals surface area contributed by atoms with Gasteiger partial charge in [-0.15, -0.1) is 16.4 Å². The first-order valence-electron chi connectivity index (χ1n) is 7.10. The van der Waals surface area contributed by atoms with Crippen molar-refractivity contribution >= 4 is 11.3 Å². The molecule has 5 nitrogen and oxygen atoms in total. The molecule has 3 aromatic rings. The van der Waals surface area contributed by atoms with E-state index in [4.69, 9.17) is 0 Å². The van der Waals surface area contributed by atoms with Crippen LogP contribution >= 0.6 is 11.3 Å². The molecular weight excluding hydrogens is 301 g/mol. The Morgan fingerprint density at radius 3 is 2.91 bits per heavy atom. The Hall–Kier alpha value is -2.12. The Kier molecular flexibility index (Phi) is 3.44. The molecule has 3 heterocycles. The number of rotatable bonds is 3. The van der Waals surface area contributed by atoms with Crippen LogP contribution in [-0.2, 0) is 13.1 Å². The standard InChI is InChI=1S/C15H14FN5S/c16-13-6-2-1-5-12(13)14-15-17-18-19-21(15)8-7-20(14)10-11-4-3-9-22-11/h1-6,9,14H,7-8,10H2. The van der Waals surface area contributed by atoms with E-state index in [1.54, 1.807) is 22.1 Å². The van der Waals surface area contributed by atoms with E-state index in [1.165, 1.54) is 10.9 Å². The number of halogens is 1. The lowest BCUT2D eigenvalue weighted by Crippen LogP contribution is -2.39. The SMILES string of the molecule is Fc1ccccc1C1c2nnnn2CCN1Cc1cccs1. The fraction of sp³-hybridized carbons (Fsp3) is 0.267. The zero-order valence-corrected chi connectivity index (χ0v) is 12.6. The third-order valence-electron chi connectivity index (χ3n) is 3.91. The van der Waals surface area contributed by atoms with Crippen LogP contribution in [0.2, 0.25) is 0 Å². The highest BCUT2D eigenvalue weighted by Gasteiger charge is 2.33. The van der Waals surface area contributed by atoms with Gasteiger partial charge in [0.1, 0.15) is 11.9 Å². The van der Waals surface area contributed by atoms with Gasteiger partial charge in [0.2, 0.25) is 0 Å². The third-order valence-corrected chi connectivity index (χ3v) is 4.77. The molecule has 4 rings (SSSR count). The maximum atomic E-state index is 14.3. The minimum atomic E-state index is -0.257. The maximum absolute atomic E-state index is 14.3. The van der Waals surface area contributed by atoms with E-state index in [0.29, 0.717) is 11.4 Å². The molecule has 22 heavy (non-hydrogen) atoms. The van der Waals surface area contributed by atoms with Gasteiger partial charge in [0.25, 0.3) is 0 Å². The van der Waals surface area contributed by atoms with Crippen LogP contribution in [0.15, 0.2) is 41.8 Å². The van der Waals surface area contributed by atoms with Gasteiger partial charge in [-0.05, 0) is 27.9 Å². The maximum Gasteiger partial charge on any atom is 0.173 e. The lowest BCUT2D eigenvalue weighted by Gasteiger charge is -2.34. The first kappa shape index (κ1) is 13.5. The Balaban J connectivity index is 1.76. The van der Waals surface area contributed by atoms with E-state index in [2.05, 4.69) is 31.9 Å². The molecule has 7 heteroatoms. The van der Waals surface area contributed by atoms with E-state index in [0.717, 1.165) is 19.6 Å². The number of nitrogens with zero attached hydrogens (tertiary/aromatic N) is 5. The largest absolute Gasteiger partial charge is 0.283 e. The summed E-state index contributed by atoms with van der Waals surface area (Å²) in [7, 11) is 0. The number of benzene rings is 1. The Labute approximate surface area is 131 Å². The molecule has 0 spiro atoms. The summed E-state index contributed by atoms with van der Waals surface area (Å²) in [6, 6.07) is 10.7. The number of thiophene rings is 1. The van der Waals surface area contributed by atoms with Crippen LogP contribution in [0.5, 0.6) is 0 Å². The fourth-order valence-electron chi connectivity index (χ4n) is 2.89. The molecule has 0 radical (unpaired) electrons. The molecule has 0 aliphatic carbocycles. The number of hydrogen-bond acceptors (Lipinski definition) is 5. The van der Waals surface area contributed by atoms with E-state index in [-0.39, 0.29) is 11.9 Å². The number of aromatic nitrogens is 4. The summed E-state index contributed by atoms with van der Waals surface area (Å²) >= 11 is 1.71. The summed E-state index contributed by atoms with van der Waals surface area (Å²) in [5, 5.41) is 13.9. The van der Waals surface area contributed by atoms with E-state index >= 15 is 0 Å². The van der Waals surface area contributed by atoms with E-state index in [1.807, 2.05) is 18.2 Å². The van der Waals surface area contributed by atoms with Crippen LogP contribution in [0.1, 0.15) is 22.3 Å². The molecule has 0 saturated heterocycles. The minimum absolute atomic E-state index is 0.222. The van der Waals surface area contributed by atoms with Gasteiger partial charge in [-0.1, -0.05) is 24.3 Å². The normalized spacial score (nSPS) is 18.3. The van der Waals surface area contributed by atoms with Gasteiger partial charge in [0.05, 0.1) is 6.54 Å². The van der Waals surface area contributed by atoms with E-state index < -0.39 is 0 Å². The highest BCUT2D eigenvalue weighted by atomic mass is 32.1. The predicted octanol–water partition coefficient (Wildman–Crippen LogP) is 2.48. The molecule has 1 atom stereocenters. The molecule has 112 valence electrons. The summed E-state index contributed by atoms with van der Waals surface area (Å²) < 4.78 is 16.1. The summed E-state index contributed by atoms with van der Waals surface area (Å²) in [5.74, 6) is 0.480. The Morgan fingerprint density at radius 2 is 2.09 bits per heavy atom. The summed E-state index contributed by atoms with van der Waals surface area (Å²) in [5.41, 5.74) is 0.620. The second-order valence-corrected chi connectivity index (χ2v) is 6.27. The van der Waals surface area contributed by atoms with Crippen LogP contribution < -0.4 is 0 Å². The van der Waals surface area contributed by atoms with Crippen LogP contribution in [-0.4, -0.2) is 31.7 Å². The van der Waals surface area contributed by atoms with Crippen molar-refractivity contribution in [2.24, 2.45) is 0 Å². The highest BCUT2D eigenvalue weighted by molar-refractivity contribution is 7.09. The van der Waals surface area contributed by atoms with Crippen molar-refractivity contribution in [1.29, 1.82) is 0 Å². The van der Waals surface area contributed by atoms with Gasteiger partial charge in [0.15, 0.2) is 5.82 Å². The van der Waals surface area contributed by atoms with Crippen molar-refractivity contribution in [3.05, 3.63) is 63.9 Å². The van der Waals surface area contributed by atoms with Gasteiger partial charge in [-0.2, -0.15) is 0 Å². The molecule has 1 aliphatic rings. The number of tetrazole rings is 1. The van der Waals surface area contributed by atoms with Crippen LogP contribution in [0.3, 0.4) is 0 Å². The van der Waals surface area contributed by atoms with Crippen LogP contribution in [0, 0.1) is 5.82 Å². The Morgan fingerprint density at radius 1 is 1.18 bits per heavy atom. The second-order valence-electron chi connectivity index (χ2n) is 5.23. The zero-order valence-electron chi connectivity index (χ0n) is 11.8. The minimum Gasteiger partial charge on any atom is -0.283 e. The first-order valence-corrected chi connectivity index (χ1v) is 7.98. The molecule has 0 bridgehead atoms. The topological polar surface area (TPSA) is 46.8 Å². The zero-order chi connectivity index (χ0) is 14.9. The van der Waals surface area contributed by atoms with Crippen molar-refractivity contribution in [2.45, 2.75) is 19.1 Å². The summed E-state index contributed by atoms with van der Waals surface area (Å²) in [6.45, 7) is 2.27. The van der Waals surface area contributed by atoms with Crippen molar-refractivity contribution in [1.82, 2.24) is 25.1 Å². The van der Waals surface area contributed by atoms with Gasteiger partial charge >= 0.3 is 0 Å². The van der Waals surface area contributed by atoms with Crippen molar-refractivity contribution < 1.29 is 4.39 Å². The summed E-state index contributed by atoms with van der Waals surface area (Å²) in [4.78, 5) is 3.48. The first-order chi connectivity index (χ1) is 10.8. The molecule has 0 fully saturated rings.